The summed E-state index contributed by atoms with van der Waals surface area (Å²) in [7, 11) is 0. The molecular formula is C7H7NO2. The molecule has 0 aliphatic carbocycles. The summed E-state index contributed by atoms with van der Waals surface area (Å²) < 4.78 is 0. The van der Waals surface area contributed by atoms with Crippen molar-refractivity contribution in [2.24, 2.45) is 10.4 Å². The number of allylic oxidation sites excluding steroid dienone is 1. The van der Waals surface area contributed by atoms with E-state index in [1.54, 1.807) is 12.3 Å². The molecule has 0 saturated carbocycles. The second-order valence-electron chi connectivity index (χ2n) is 2.22. The zero-order chi connectivity index (χ0) is 7.45. The van der Waals surface area contributed by atoms with E-state index >= 15 is 0 Å². The first-order valence-electron chi connectivity index (χ1n) is 2.95. The average Bonchev–Trinajstić information content (AvgIpc) is 2.06. The molecule has 0 aromatic heterocycles. The molecule has 0 radical (unpaired) electrons. The van der Waals surface area contributed by atoms with Crippen LogP contribution in [-0.4, -0.2) is 18.8 Å². The highest BCUT2D eigenvalue weighted by Crippen LogP contribution is 2.16. The van der Waals surface area contributed by atoms with Gasteiger partial charge in [0.1, 0.15) is 18.0 Å². The van der Waals surface area contributed by atoms with Gasteiger partial charge in [-0.1, -0.05) is 6.08 Å². The highest BCUT2D eigenvalue weighted by molar-refractivity contribution is 6.04. The molecule has 10 heavy (non-hydrogen) atoms. The first-order valence-corrected chi connectivity index (χ1v) is 2.95. The summed E-state index contributed by atoms with van der Waals surface area (Å²) in [6, 6.07) is 0. The van der Waals surface area contributed by atoms with Crippen molar-refractivity contribution in [3.8, 4) is 0 Å². The lowest BCUT2D eigenvalue weighted by atomic mass is 9.88. The van der Waals surface area contributed by atoms with E-state index in [0.717, 1.165) is 0 Å². The number of nitrogens with zero attached hydrogens (tertiary/aromatic N) is 1. The Bertz CT molecular complexity index is 198. The zero-order valence-corrected chi connectivity index (χ0v) is 5.36. The van der Waals surface area contributed by atoms with Crippen LogP contribution in [0.4, 0.5) is 0 Å². The molecule has 0 amide bonds. The van der Waals surface area contributed by atoms with E-state index in [2.05, 4.69) is 4.99 Å². The topological polar surface area (TPSA) is 46.5 Å². The van der Waals surface area contributed by atoms with Crippen molar-refractivity contribution in [2.45, 2.75) is 6.42 Å². The van der Waals surface area contributed by atoms with Crippen molar-refractivity contribution < 1.29 is 9.59 Å². The summed E-state index contributed by atoms with van der Waals surface area (Å²) in [6.45, 7) is 0. The molecule has 3 heteroatoms. The second-order valence-corrected chi connectivity index (χ2v) is 2.22. The predicted molar refractivity (Wildman–Crippen MR) is 36.8 cm³/mol. The van der Waals surface area contributed by atoms with Crippen molar-refractivity contribution in [3.05, 3.63) is 12.3 Å². The zero-order valence-electron chi connectivity index (χ0n) is 5.36. The summed E-state index contributed by atoms with van der Waals surface area (Å²) >= 11 is 0. The van der Waals surface area contributed by atoms with Crippen LogP contribution in [0.25, 0.3) is 0 Å². The molecule has 0 saturated heterocycles. The van der Waals surface area contributed by atoms with Gasteiger partial charge in [0.05, 0.1) is 0 Å². The Balaban J connectivity index is 2.85. The molecule has 0 aromatic rings. The fourth-order valence-electron chi connectivity index (χ4n) is 0.737. The van der Waals surface area contributed by atoms with Crippen molar-refractivity contribution in [1.29, 1.82) is 0 Å². The van der Waals surface area contributed by atoms with Crippen molar-refractivity contribution in [1.82, 2.24) is 0 Å². The average molecular weight is 137 g/mol. The van der Waals surface area contributed by atoms with Gasteiger partial charge < -0.3 is 9.59 Å². The molecule has 1 rings (SSSR count). The van der Waals surface area contributed by atoms with E-state index in [0.29, 0.717) is 19.0 Å². The van der Waals surface area contributed by atoms with Gasteiger partial charge in [0.25, 0.3) is 0 Å². The fraction of sp³-hybridized carbons (Fsp3) is 0.286. The molecule has 1 aliphatic heterocycles. The summed E-state index contributed by atoms with van der Waals surface area (Å²) in [5.74, 6) is 0. The van der Waals surface area contributed by atoms with E-state index in [-0.39, 0.29) is 0 Å². The third-order valence-electron chi connectivity index (χ3n) is 1.42. The minimum atomic E-state index is -0.977. The van der Waals surface area contributed by atoms with Gasteiger partial charge in [-0.15, -0.1) is 0 Å². The van der Waals surface area contributed by atoms with E-state index in [1.807, 2.05) is 0 Å². The standard InChI is InChI=1S/C7H7NO2/c9-5-7(6-10)2-1-3-8-4-7/h1,3-6H,2H2. The Hall–Kier alpha value is -1.25. The largest absolute Gasteiger partial charge is 0.302 e. The molecule has 0 spiro atoms. The minimum absolute atomic E-state index is 0.434. The first kappa shape index (κ1) is 6.86. The molecular weight excluding hydrogens is 130 g/mol. The van der Waals surface area contributed by atoms with Crippen LogP contribution in [0.3, 0.4) is 0 Å². The van der Waals surface area contributed by atoms with Crippen LogP contribution in [0.15, 0.2) is 17.3 Å². The molecule has 3 nitrogen and oxygen atoms in total. The van der Waals surface area contributed by atoms with Gasteiger partial charge in [-0.2, -0.15) is 0 Å². The van der Waals surface area contributed by atoms with Gasteiger partial charge in [0.2, 0.25) is 0 Å². The van der Waals surface area contributed by atoms with E-state index in [4.69, 9.17) is 0 Å². The number of aldehydes is 2. The molecule has 52 valence electrons. The number of carbonyl (C=O) groups excluding carboxylic acids is 2. The van der Waals surface area contributed by atoms with Gasteiger partial charge in [-0.25, -0.2) is 0 Å². The highest BCUT2D eigenvalue weighted by atomic mass is 16.1. The monoisotopic (exact) mass is 137 g/mol. The van der Waals surface area contributed by atoms with Crippen LogP contribution in [0, 0.1) is 5.41 Å². The normalized spacial score (nSPS) is 20.4. The van der Waals surface area contributed by atoms with E-state index < -0.39 is 5.41 Å². The molecule has 0 bridgehead atoms. The van der Waals surface area contributed by atoms with Crippen LogP contribution in [0.2, 0.25) is 0 Å². The van der Waals surface area contributed by atoms with Gasteiger partial charge >= 0.3 is 0 Å². The second kappa shape index (κ2) is 2.56. The molecule has 1 heterocycles. The van der Waals surface area contributed by atoms with Crippen molar-refractivity contribution in [3.63, 3.8) is 0 Å². The fourth-order valence-corrected chi connectivity index (χ4v) is 0.737. The SMILES string of the molecule is O=CC1(C=O)C=NC=CC1. The lowest BCUT2D eigenvalue weighted by Gasteiger charge is -2.14. The Labute approximate surface area is 58.5 Å². The lowest BCUT2D eigenvalue weighted by Crippen LogP contribution is -2.26. The smallest absolute Gasteiger partial charge is 0.138 e. The molecule has 0 fully saturated rings. The summed E-state index contributed by atoms with van der Waals surface area (Å²) in [5.41, 5.74) is -0.977. The van der Waals surface area contributed by atoms with E-state index in [9.17, 15) is 9.59 Å². The number of carbonyl (C=O) groups is 2. The molecule has 1 aliphatic rings. The van der Waals surface area contributed by atoms with Crippen LogP contribution < -0.4 is 0 Å². The first-order chi connectivity index (χ1) is 4.83. The lowest BCUT2D eigenvalue weighted by molar-refractivity contribution is -0.121. The number of aliphatic imine (C=N–C) groups is 1. The van der Waals surface area contributed by atoms with Crippen LogP contribution in [0.5, 0.6) is 0 Å². The van der Waals surface area contributed by atoms with Gasteiger partial charge in [-0.3, -0.25) is 4.99 Å². The molecule has 0 N–H and O–H groups in total. The van der Waals surface area contributed by atoms with Gasteiger partial charge in [0, 0.05) is 12.4 Å². The van der Waals surface area contributed by atoms with Crippen LogP contribution in [0.1, 0.15) is 6.42 Å². The minimum Gasteiger partial charge on any atom is -0.302 e. The Morgan fingerprint density at radius 3 is 2.40 bits per heavy atom. The Morgan fingerprint density at radius 1 is 1.40 bits per heavy atom. The van der Waals surface area contributed by atoms with Crippen LogP contribution >= 0.6 is 0 Å². The Morgan fingerprint density at radius 2 is 2.10 bits per heavy atom. The number of rotatable bonds is 2. The predicted octanol–water partition coefficient (Wildman–Crippen LogP) is 0.359. The van der Waals surface area contributed by atoms with Gasteiger partial charge in [0.15, 0.2) is 0 Å². The number of hydrogen-bond acceptors (Lipinski definition) is 3. The molecule has 0 unspecified atom stereocenters. The van der Waals surface area contributed by atoms with Crippen molar-refractivity contribution in [2.75, 3.05) is 0 Å². The third kappa shape index (κ3) is 1.03. The quantitative estimate of drug-likeness (QED) is 0.407. The summed E-state index contributed by atoms with van der Waals surface area (Å²) in [6.07, 6.45) is 6.31. The number of hydrogen-bond donors (Lipinski definition) is 0. The maximum Gasteiger partial charge on any atom is 0.138 e. The van der Waals surface area contributed by atoms with Gasteiger partial charge in [-0.05, 0) is 6.42 Å². The van der Waals surface area contributed by atoms with E-state index in [1.165, 1.54) is 6.21 Å². The summed E-state index contributed by atoms with van der Waals surface area (Å²) in [4.78, 5) is 24.4. The molecule has 0 atom stereocenters. The van der Waals surface area contributed by atoms with Crippen molar-refractivity contribution >= 4 is 18.8 Å². The maximum absolute atomic E-state index is 10.4. The highest BCUT2D eigenvalue weighted by Gasteiger charge is 2.26. The third-order valence-corrected chi connectivity index (χ3v) is 1.42. The molecule has 0 aromatic carbocycles. The van der Waals surface area contributed by atoms with Crippen LogP contribution in [-0.2, 0) is 9.59 Å². The summed E-state index contributed by atoms with van der Waals surface area (Å²) in [5, 5.41) is 0. The maximum atomic E-state index is 10.4. The Kier molecular flexibility index (Phi) is 1.76.